The summed E-state index contributed by atoms with van der Waals surface area (Å²) in [6, 6.07) is 7.33. The molecule has 2 aromatic rings. The molecule has 18 heavy (non-hydrogen) atoms. The Labute approximate surface area is 102 Å². The highest BCUT2D eigenvalue weighted by Gasteiger charge is 2.20. The molecular weight excluding hydrogens is 242 g/mol. The van der Waals surface area contributed by atoms with Gasteiger partial charge in [-0.15, -0.1) is 0 Å². The molecule has 0 N–H and O–H groups in total. The third-order valence-corrected chi connectivity index (χ3v) is 2.42. The van der Waals surface area contributed by atoms with Gasteiger partial charge in [-0.3, -0.25) is 4.79 Å². The Hall–Kier alpha value is -2.11. The van der Waals surface area contributed by atoms with Crippen molar-refractivity contribution in [3.05, 3.63) is 35.7 Å². The molecule has 0 bridgehead atoms. The Morgan fingerprint density at radius 1 is 1.39 bits per heavy atom. The van der Waals surface area contributed by atoms with Gasteiger partial charge in [0.05, 0.1) is 6.42 Å². The number of halogens is 2. The Bertz CT molecular complexity index is 567. The van der Waals surface area contributed by atoms with Crippen molar-refractivity contribution in [2.75, 3.05) is 0 Å². The van der Waals surface area contributed by atoms with Crippen LogP contribution in [0.4, 0.5) is 8.78 Å². The highest BCUT2D eigenvalue weighted by Crippen LogP contribution is 2.20. The van der Waals surface area contributed by atoms with Crippen molar-refractivity contribution >= 4 is 5.78 Å². The normalized spacial score (nSPS) is 10.9. The van der Waals surface area contributed by atoms with Crippen LogP contribution < -0.4 is 0 Å². The van der Waals surface area contributed by atoms with E-state index in [1.54, 1.807) is 6.07 Å². The lowest BCUT2D eigenvalue weighted by Gasteiger charge is -1.98. The highest BCUT2D eigenvalue weighted by molar-refractivity contribution is 5.83. The second-order valence-corrected chi connectivity index (χ2v) is 3.77. The van der Waals surface area contributed by atoms with E-state index in [-0.39, 0.29) is 5.89 Å². The Morgan fingerprint density at radius 2 is 2.11 bits per heavy atom. The van der Waals surface area contributed by atoms with Crippen LogP contribution in [0, 0.1) is 6.92 Å². The Kier molecular flexibility index (Phi) is 3.45. The van der Waals surface area contributed by atoms with Crippen molar-refractivity contribution in [3.8, 4) is 11.4 Å². The first-order valence-corrected chi connectivity index (χ1v) is 5.27. The van der Waals surface area contributed by atoms with Crippen LogP contribution in [0.1, 0.15) is 11.5 Å². The zero-order chi connectivity index (χ0) is 13.1. The van der Waals surface area contributed by atoms with E-state index in [1.165, 1.54) is 0 Å². The number of aryl methyl sites for hydroxylation is 1. The van der Waals surface area contributed by atoms with Crippen LogP contribution in [-0.2, 0) is 11.2 Å². The minimum Gasteiger partial charge on any atom is -0.338 e. The zero-order valence-corrected chi connectivity index (χ0v) is 9.56. The first-order chi connectivity index (χ1) is 8.58. The van der Waals surface area contributed by atoms with Gasteiger partial charge in [0.15, 0.2) is 0 Å². The third-order valence-electron chi connectivity index (χ3n) is 2.42. The lowest BCUT2D eigenvalue weighted by atomic mass is 10.1. The van der Waals surface area contributed by atoms with Gasteiger partial charge in [0.25, 0.3) is 6.43 Å². The van der Waals surface area contributed by atoms with Crippen LogP contribution in [0.15, 0.2) is 28.8 Å². The number of carbonyl (C=O) groups is 1. The van der Waals surface area contributed by atoms with Crippen molar-refractivity contribution < 1.29 is 18.1 Å². The summed E-state index contributed by atoms with van der Waals surface area (Å²) in [6.45, 7) is 1.87. The fourth-order valence-electron chi connectivity index (χ4n) is 1.49. The van der Waals surface area contributed by atoms with E-state index in [4.69, 9.17) is 4.52 Å². The largest absolute Gasteiger partial charge is 0.338 e. The maximum atomic E-state index is 12.1. The lowest BCUT2D eigenvalue weighted by Crippen LogP contribution is -2.12. The molecule has 0 amide bonds. The van der Waals surface area contributed by atoms with Crippen LogP contribution in [0.2, 0.25) is 0 Å². The van der Waals surface area contributed by atoms with Gasteiger partial charge in [-0.25, -0.2) is 8.78 Å². The van der Waals surface area contributed by atoms with Crippen molar-refractivity contribution in [1.29, 1.82) is 0 Å². The molecule has 2 rings (SSSR count). The number of hydrogen-bond acceptors (Lipinski definition) is 4. The molecule has 0 fully saturated rings. The van der Waals surface area contributed by atoms with Crippen molar-refractivity contribution in [3.63, 3.8) is 0 Å². The van der Waals surface area contributed by atoms with E-state index in [0.717, 1.165) is 11.1 Å². The molecule has 0 saturated carbocycles. The second kappa shape index (κ2) is 5.03. The smallest absolute Gasteiger partial charge is 0.296 e. The summed E-state index contributed by atoms with van der Waals surface area (Å²) in [5, 5.41) is 3.68. The van der Waals surface area contributed by atoms with Crippen LogP contribution >= 0.6 is 0 Å². The summed E-state index contributed by atoms with van der Waals surface area (Å²) in [7, 11) is 0. The van der Waals surface area contributed by atoms with Gasteiger partial charge >= 0.3 is 0 Å². The third kappa shape index (κ3) is 2.58. The molecule has 94 valence electrons. The number of nitrogens with zero attached hydrogens (tertiary/aromatic N) is 2. The summed E-state index contributed by atoms with van der Waals surface area (Å²) in [4.78, 5) is 14.8. The molecule has 0 aliphatic rings. The summed E-state index contributed by atoms with van der Waals surface area (Å²) >= 11 is 0. The molecule has 0 unspecified atom stereocenters. The molecule has 4 nitrogen and oxygen atoms in total. The molecule has 0 aliphatic carbocycles. The molecule has 1 heterocycles. The molecular formula is C12H10F2N2O2. The minimum absolute atomic E-state index is 0.0986. The van der Waals surface area contributed by atoms with Crippen LogP contribution in [0.3, 0.4) is 0 Å². The van der Waals surface area contributed by atoms with E-state index < -0.39 is 18.6 Å². The maximum absolute atomic E-state index is 12.1. The molecule has 0 spiro atoms. The predicted octanol–water partition coefficient (Wildman–Crippen LogP) is 2.42. The average molecular weight is 252 g/mol. The highest BCUT2D eigenvalue weighted by atomic mass is 19.3. The van der Waals surface area contributed by atoms with Gasteiger partial charge in [0.1, 0.15) is 0 Å². The quantitative estimate of drug-likeness (QED) is 0.838. The Morgan fingerprint density at radius 3 is 2.78 bits per heavy atom. The standard InChI is InChI=1S/C12H10F2N2O2/c1-7-4-2-3-5-8(7)12-15-10(18-16-12)6-9(17)11(13)14/h2-5,11H,6H2,1H3. The zero-order valence-electron chi connectivity index (χ0n) is 9.56. The van der Waals surface area contributed by atoms with Gasteiger partial charge in [0, 0.05) is 5.56 Å². The number of benzene rings is 1. The molecule has 6 heteroatoms. The Balaban J connectivity index is 2.21. The number of aromatic nitrogens is 2. The maximum Gasteiger partial charge on any atom is 0.296 e. The van der Waals surface area contributed by atoms with Crippen molar-refractivity contribution in [2.24, 2.45) is 0 Å². The van der Waals surface area contributed by atoms with E-state index in [1.807, 2.05) is 25.1 Å². The average Bonchev–Trinajstić information content (AvgIpc) is 2.77. The van der Waals surface area contributed by atoms with Crippen molar-refractivity contribution in [2.45, 2.75) is 19.8 Å². The first kappa shape index (κ1) is 12.3. The van der Waals surface area contributed by atoms with E-state index in [0.29, 0.717) is 5.82 Å². The van der Waals surface area contributed by atoms with Gasteiger partial charge in [-0.1, -0.05) is 29.4 Å². The molecule has 1 aromatic carbocycles. The van der Waals surface area contributed by atoms with Crippen LogP contribution in [0.5, 0.6) is 0 Å². The van der Waals surface area contributed by atoms with Crippen LogP contribution in [0.25, 0.3) is 11.4 Å². The molecule has 1 aromatic heterocycles. The molecule has 0 atom stereocenters. The molecule has 0 radical (unpaired) electrons. The number of ketones is 1. The summed E-state index contributed by atoms with van der Waals surface area (Å²) < 4.78 is 28.9. The number of Topliss-reactive ketones (excluding diaryl/α,β-unsaturated/α-hetero) is 1. The van der Waals surface area contributed by atoms with Gasteiger partial charge in [-0.05, 0) is 12.5 Å². The fourth-order valence-corrected chi connectivity index (χ4v) is 1.49. The van der Waals surface area contributed by atoms with Gasteiger partial charge in [-0.2, -0.15) is 4.98 Å². The fraction of sp³-hybridized carbons (Fsp3) is 0.250. The minimum atomic E-state index is -3.01. The van der Waals surface area contributed by atoms with Gasteiger partial charge < -0.3 is 4.52 Å². The summed E-state index contributed by atoms with van der Waals surface area (Å²) in [5.74, 6) is -1.03. The lowest BCUT2D eigenvalue weighted by molar-refractivity contribution is -0.129. The van der Waals surface area contributed by atoms with E-state index in [9.17, 15) is 13.6 Å². The van der Waals surface area contributed by atoms with Gasteiger partial charge in [0.2, 0.25) is 17.5 Å². The number of alkyl halides is 2. The monoisotopic (exact) mass is 252 g/mol. The topological polar surface area (TPSA) is 56.0 Å². The number of rotatable bonds is 4. The predicted molar refractivity (Wildman–Crippen MR) is 59.2 cm³/mol. The summed E-state index contributed by atoms with van der Waals surface area (Å²) in [5.41, 5.74) is 1.68. The van der Waals surface area contributed by atoms with E-state index in [2.05, 4.69) is 10.1 Å². The van der Waals surface area contributed by atoms with E-state index >= 15 is 0 Å². The molecule has 0 aliphatic heterocycles. The first-order valence-electron chi connectivity index (χ1n) is 5.27. The SMILES string of the molecule is Cc1ccccc1-c1noc(CC(=O)C(F)F)n1. The number of carbonyl (C=O) groups excluding carboxylic acids is 1. The summed E-state index contributed by atoms with van der Waals surface area (Å²) in [6.07, 6.45) is -3.56. The second-order valence-electron chi connectivity index (χ2n) is 3.77. The molecule has 0 saturated heterocycles. The van der Waals surface area contributed by atoms with Crippen LogP contribution in [-0.4, -0.2) is 22.3 Å². The van der Waals surface area contributed by atoms with Crippen molar-refractivity contribution in [1.82, 2.24) is 10.1 Å². The number of hydrogen-bond donors (Lipinski definition) is 0.